The molecule has 4 fully saturated rings. The number of rotatable bonds is 8. The van der Waals surface area contributed by atoms with Crippen molar-refractivity contribution in [2.75, 3.05) is 6.61 Å². The Balaban J connectivity index is 1.17. The zero-order chi connectivity index (χ0) is 19.6. The molecule has 0 unspecified atom stereocenters. The fraction of sp³-hybridized carbons (Fsp3) is 0.667. The molecule has 0 aromatic heterocycles. The number of carbonyl (C=O) groups excluding carboxylic acids is 2. The molecule has 0 spiro atoms. The van der Waals surface area contributed by atoms with Crippen molar-refractivity contribution in [3.8, 4) is 0 Å². The number of amides is 1. The molecule has 0 saturated heterocycles. The monoisotopic (exact) mass is 383 g/mol. The van der Waals surface area contributed by atoms with Crippen LogP contribution >= 0.6 is 0 Å². The lowest BCUT2D eigenvalue weighted by molar-refractivity contribution is -0.155. The van der Waals surface area contributed by atoms with Gasteiger partial charge < -0.3 is 10.1 Å². The lowest BCUT2D eigenvalue weighted by Gasteiger charge is -2.56. The molecule has 0 heterocycles. The van der Waals surface area contributed by atoms with Crippen LogP contribution in [0.4, 0.5) is 0 Å². The van der Waals surface area contributed by atoms with Gasteiger partial charge >= 0.3 is 5.97 Å². The Kier molecular flexibility index (Phi) is 5.75. The van der Waals surface area contributed by atoms with E-state index in [0.717, 1.165) is 30.6 Å². The van der Waals surface area contributed by atoms with Crippen LogP contribution in [0.3, 0.4) is 0 Å². The van der Waals surface area contributed by atoms with Crippen LogP contribution in [0, 0.1) is 23.2 Å². The summed E-state index contributed by atoms with van der Waals surface area (Å²) in [6.45, 7) is 1.85. The molecule has 4 heteroatoms. The maximum Gasteiger partial charge on any atom is 0.306 e. The summed E-state index contributed by atoms with van der Waals surface area (Å²) in [5.74, 6) is 2.10. The average Bonchev–Trinajstić information content (AvgIpc) is 2.64. The molecule has 4 nitrogen and oxygen atoms in total. The van der Waals surface area contributed by atoms with Gasteiger partial charge in [-0.25, -0.2) is 0 Å². The summed E-state index contributed by atoms with van der Waals surface area (Å²) in [7, 11) is 0. The van der Waals surface area contributed by atoms with Crippen LogP contribution in [-0.4, -0.2) is 24.5 Å². The Bertz CT molecular complexity index is 664. The summed E-state index contributed by atoms with van der Waals surface area (Å²) in [5.41, 5.74) is 1.44. The highest BCUT2D eigenvalue weighted by Crippen LogP contribution is 2.61. The van der Waals surface area contributed by atoms with Gasteiger partial charge in [0.1, 0.15) is 0 Å². The highest BCUT2D eigenvalue weighted by Gasteiger charge is 2.51. The molecule has 0 aliphatic heterocycles. The first kappa shape index (κ1) is 19.5. The van der Waals surface area contributed by atoms with Gasteiger partial charge in [-0.2, -0.15) is 0 Å². The van der Waals surface area contributed by atoms with Crippen LogP contribution in [0.25, 0.3) is 0 Å². The Morgan fingerprint density at radius 1 is 1.07 bits per heavy atom. The van der Waals surface area contributed by atoms with Crippen molar-refractivity contribution in [2.45, 2.75) is 70.8 Å². The fourth-order valence-electron chi connectivity index (χ4n) is 6.43. The van der Waals surface area contributed by atoms with Crippen molar-refractivity contribution in [1.29, 1.82) is 0 Å². The smallest absolute Gasteiger partial charge is 0.306 e. The van der Waals surface area contributed by atoms with E-state index in [0.29, 0.717) is 6.42 Å². The van der Waals surface area contributed by atoms with Gasteiger partial charge in [-0.3, -0.25) is 9.59 Å². The van der Waals surface area contributed by atoms with E-state index in [-0.39, 0.29) is 29.9 Å². The zero-order valence-electron chi connectivity index (χ0n) is 17.0. The van der Waals surface area contributed by atoms with Gasteiger partial charge in [-0.1, -0.05) is 30.3 Å². The Morgan fingerprint density at radius 2 is 1.68 bits per heavy atom. The van der Waals surface area contributed by atoms with E-state index < -0.39 is 0 Å². The third-order valence-corrected chi connectivity index (χ3v) is 7.16. The quantitative estimate of drug-likeness (QED) is 0.682. The van der Waals surface area contributed by atoms with Gasteiger partial charge in [0.2, 0.25) is 0 Å². The minimum atomic E-state index is -0.195. The highest BCUT2D eigenvalue weighted by atomic mass is 16.5. The first-order chi connectivity index (χ1) is 13.5. The highest BCUT2D eigenvalue weighted by molar-refractivity contribution is 5.80. The molecule has 1 atom stereocenters. The van der Waals surface area contributed by atoms with Gasteiger partial charge in [0.05, 0.1) is 6.42 Å². The second-order valence-corrected chi connectivity index (χ2v) is 9.75. The first-order valence-electron chi connectivity index (χ1n) is 11.0. The SMILES string of the molecule is C[C@H](CCc1ccccc1)NC(=O)COC(=O)CC12CC3CC(CC(C3)C1)C2. The van der Waals surface area contributed by atoms with E-state index in [4.69, 9.17) is 4.74 Å². The van der Waals surface area contributed by atoms with Gasteiger partial charge in [0.25, 0.3) is 5.91 Å². The molecular formula is C24H33NO3. The van der Waals surface area contributed by atoms with Crippen LogP contribution in [-0.2, 0) is 20.7 Å². The van der Waals surface area contributed by atoms with E-state index in [1.165, 1.54) is 44.1 Å². The minimum absolute atomic E-state index is 0.0644. The van der Waals surface area contributed by atoms with Crippen LogP contribution in [0.5, 0.6) is 0 Å². The van der Waals surface area contributed by atoms with E-state index in [9.17, 15) is 9.59 Å². The van der Waals surface area contributed by atoms with Crippen molar-refractivity contribution in [3.63, 3.8) is 0 Å². The van der Waals surface area contributed by atoms with Crippen LogP contribution < -0.4 is 5.32 Å². The summed E-state index contributed by atoms with van der Waals surface area (Å²) >= 11 is 0. The van der Waals surface area contributed by atoms with E-state index in [2.05, 4.69) is 17.4 Å². The molecule has 152 valence electrons. The van der Waals surface area contributed by atoms with Gasteiger partial charge in [0.15, 0.2) is 6.61 Å². The molecule has 4 aliphatic rings. The van der Waals surface area contributed by atoms with E-state index >= 15 is 0 Å². The van der Waals surface area contributed by atoms with Crippen molar-refractivity contribution >= 4 is 11.9 Å². The standard InChI is InChI=1S/C24H33NO3/c1-17(7-8-18-5-3-2-4-6-18)25-22(26)16-28-23(27)15-24-12-19-9-20(13-24)11-21(10-19)14-24/h2-6,17,19-21H,7-16H2,1H3,(H,25,26)/t17-,19?,20?,21?,24?/m1/s1. The first-order valence-corrected chi connectivity index (χ1v) is 11.0. The molecule has 4 aliphatic carbocycles. The number of esters is 1. The summed E-state index contributed by atoms with van der Waals surface area (Å²) in [6, 6.07) is 10.3. The van der Waals surface area contributed by atoms with Crippen LogP contribution in [0.1, 0.15) is 63.9 Å². The number of carbonyl (C=O) groups is 2. The second-order valence-electron chi connectivity index (χ2n) is 9.75. The number of hydrogen-bond donors (Lipinski definition) is 1. The normalized spacial score (nSPS) is 31.4. The molecule has 1 N–H and O–H groups in total. The average molecular weight is 384 g/mol. The van der Waals surface area contributed by atoms with Gasteiger partial charge in [-0.15, -0.1) is 0 Å². The molecule has 28 heavy (non-hydrogen) atoms. The summed E-state index contributed by atoms with van der Waals surface area (Å²) in [6.07, 6.45) is 10.00. The van der Waals surface area contributed by atoms with Crippen LogP contribution in [0.2, 0.25) is 0 Å². The molecule has 1 amide bonds. The Morgan fingerprint density at radius 3 is 2.29 bits per heavy atom. The zero-order valence-corrected chi connectivity index (χ0v) is 17.0. The lowest BCUT2D eigenvalue weighted by Crippen LogP contribution is -2.47. The van der Waals surface area contributed by atoms with Crippen LogP contribution in [0.15, 0.2) is 30.3 Å². The summed E-state index contributed by atoms with van der Waals surface area (Å²) in [4.78, 5) is 24.6. The third-order valence-electron chi connectivity index (χ3n) is 7.16. The number of ether oxygens (including phenoxy) is 1. The number of nitrogens with one attached hydrogen (secondary N) is 1. The number of benzene rings is 1. The Hall–Kier alpha value is -1.84. The molecule has 5 rings (SSSR count). The largest absolute Gasteiger partial charge is 0.456 e. The predicted octanol–water partition coefficient (Wildman–Crippen LogP) is 4.27. The van der Waals surface area contributed by atoms with Crippen molar-refractivity contribution < 1.29 is 14.3 Å². The Labute approximate surface area is 168 Å². The third kappa shape index (κ3) is 4.76. The lowest BCUT2D eigenvalue weighted by atomic mass is 9.49. The molecule has 1 aromatic rings. The molecular weight excluding hydrogens is 350 g/mol. The molecule has 1 aromatic carbocycles. The number of hydrogen-bond acceptors (Lipinski definition) is 3. The van der Waals surface area contributed by atoms with Crippen molar-refractivity contribution in [2.24, 2.45) is 23.2 Å². The van der Waals surface area contributed by atoms with E-state index in [1.54, 1.807) is 0 Å². The maximum absolute atomic E-state index is 12.4. The molecule has 4 bridgehead atoms. The summed E-state index contributed by atoms with van der Waals surface area (Å²) < 4.78 is 5.36. The second kappa shape index (κ2) is 8.26. The van der Waals surface area contributed by atoms with Gasteiger partial charge in [-0.05, 0) is 87.0 Å². The fourth-order valence-corrected chi connectivity index (χ4v) is 6.43. The summed E-state index contributed by atoms with van der Waals surface area (Å²) in [5, 5.41) is 2.95. The molecule has 0 radical (unpaired) electrons. The van der Waals surface area contributed by atoms with E-state index in [1.807, 2.05) is 25.1 Å². The van der Waals surface area contributed by atoms with Crippen molar-refractivity contribution in [3.05, 3.63) is 35.9 Å². The predicted molar refractivity (Wildman–Crippen MR) is 109 cm³/mol. The number of aryl methyl sites for hydroxylation is 1. The topological polar surface area (TPSA) is 55.4 Å². The molecule has 4 saturated carbocycles. The maximum atomic E-state index is 12.4. The van der Waals surface area contributed by atoms with Gasteiger partial charge in [0, 0.05) is 6.04 Å². The minimum Gasteiger partial charge on any atom is -0.456 e. The van der Waals surface area contributed by atoms with Crippen molar-refractivity contribution in [1.82, 2.24) is 5.32 Å².